The molecule has 0 aliphatic carbocycles. The fraction of sp³-hybridized carbons (Fsp3) is 0.588. The van der Waals surface area contributed by atoms with Gasteiger partial charge in [0.1, 0.15) is 30.2 Å². The first-order chi connectivity index (χ1) is 25.0. The zero-order chi connectivity index (χ0) is 42.6. The molecule has 20 heteroatoms. The number of fused-ring (bicyclic) bond motifs is 1. The molecule has 0 aliphatic rings. The van der Waals surface area contributed by atoms with Gasteiger partial charge in [-0.05, 0) is 62.1 Å². The van der Waals surface area contributed by atoms with E-state index < -0.39 is 60.1 Å². The monoisotopic (exact) mass is 772 g/mol. The minimum absolute atomic E-state index is 0.0208. The van der Waals surface area contributed by atoms with Crippen LogP contribution in [0.5, 0.6) is 0 Å². The Morgan fingerprint density at radius 1 is 0.722 bits per heavy atom. The molecule has 1 aromatic carbocycles. The van der Waals surface area contributed by atoms with Crippen molar-refractivity contribution in [3.8, 4) is 0 Å². The van der Waals surface area contributed by atoms with Crippen LogP contribution in [0.3, 0.4) is 0 Å². The molecule has 0 saturated carbocycles. The summed E-state index contributed by atoms with van der Waals surface area (Å²) in [6.07, 6.45) is 5.85. The van der Waals surface area contributed by atoms with Crippen molar-refractivity contribution in [2.45, 2.75) is 103 Å². The number of carboxylic acids is 5. The molecule has 1 heterocycles. The molecule has 0 spiro atoms. The lowest BCUT2D eigenvalue weighted by atomic mass is 10.1. The van der Waals surface area contributed by atoms with Crippen LogP contribution >= 0.6 is 0 Å². The summed E-state index contributed by atoms with van der Waals surface area (Å²) < 4.78 is 0. The molecular weight excluding hydrogens is 708 g/mol. The van der Waals surface area contributed by atoms with E-state index in [0.29, 0.717) is 51.1 Å². The molecule has 20 nitrogen and oxygen atoms in total. The Labute approximate surface area is 315 Å². The summed E-state index contributed by atoms with van der Waals surface area (Å²) in [4.78, 5) is 54.2. The third kappa shape index (κ3) is 28.7. The van der Waals surface area contributed by atoms with Gasteiger partial charge < -0.3 is 76.0 Å². The Balaban J connectivity index is -0.000000615. The van der Waals surface area contributed by atoms with Gasteiger partial charge in [0.15, 0.2) is 5.96 Å². The molecule has 2 aromatic rings. The molecule has 0 saturated heterocycles. The number of hydrogen-bond acceptors (Lipinski definition) is 12. The highest BCUT2D eigenvalue weighted by Gasteiger charge is 2.16. The number of carboxylic acid groups (broad SMARTS) is 5. The smallest absolute Gasteiger partial charge is 0.320 e. The highest BCUT2D eigenvalue weighted by atomic mass is 16.4. The lowest BCUT2D eigenvalue weighted by Gasteiger charge is -2.07. The Morgan fingerprint density at radius 3 is 1.57 bits per heavy atom. The SMILES string of the molecule is CC(C)C(N)C(=O)O.CC(C)CC(N)C(=O)O.N=C(N)NCCCC(N)C(=O)O.NC(Cc1c[nH]c2ccccc12)C(=O)O.NCCCCC(N)C(=O)O. The van der Waals surface area contributed by atoms with Gasteiger partial charge in [-0.1, -0.05) is 52.3 Å². The molecule has 0 radical (unpaired) electrons. The van der Waals surface area contributed by atoms with Gasteiger partial charge in [0.25, 0.3) is 0 Å². The Kier molecular flexibility index (Phi) is 30.3. The number of aromatic amines is 1. The zero-order valence-electron chi connectivity index (χ0n) is 31.6. The summed E-state index contributed by atoms with van der Waals surface area (Å²) >= 11 is 0. The van der Waals surface area contributed by atoms with Gasteiger partial charge in [0.05, 0.1) is 0 Å². The molecular formula is C34H64N10O10. The first kappa shape index (κ1) is 53.5. The summed E-state index contributed by atoms with van der Waals surface area (Å²) in [5.74, 6) is -4.48. The van der Waals surface area contributed by atoms with Crippen molar-refractivity contribution in [3.63, 3.8) is 0 Å². The van der Waals surface area contributed by atoms with Gasteiger partial charge in [-0.15, -0.1) is 0 Å². The summed E-state index contributed by atoms with van der Waals surface area (Å²) in [6, 6.07) is 3.97. The number of nitrogens with one attached hydrogen (secondary N) is 3. The molecule has 0 amide bonds. The van der Waals surface area contributed by atoms with Gasteiger partial charge in [-0.25, -0.2) is 0 Å². The number of guanidine groups is 1. The van der Waals surface area contributed by atoms with E-state index in [-0.39, 0.29) is 11.9 Å². The predicted molar refractivity (Wildman–Crippen MR) is 206 cm³/mol. The van der Waals surface area contributed by atoms with Crippen LogP contribution in [0.1, 0.15) is 71.8 Å². The van der Waals surface area contributed by atoms with Crippen LogP contribution in [0.4, 0.5) is 0 Å². The average molecular weight is 773 g/mol. The summed E-state index contributed by atoms with van der Waals surface area (Å²) in [7, 11) is 0. The standard InChI is InChI=1S/C11H12N2O2.C6H14N4O2.C6H14N2O2.C6H13NO2.C5H11NO2/c12-9(11(14)15)5-7-6-13-10-4-2-1-3-8(7)10;7-4(5(11)12)2-1-3-10-6(8)9;7-4-2-1-3-5(8)6(9)10;1-4(2)3-5(7)6(8)9;1-3(2)4(6)5(7)8/h1-4,6,9,13H,5,12H2,(H,14,15);4H,1-3,7H2,(H,11,12)(H4,8,9,10);5H,1-4,7-8H2,(H,9,10);4-5H,3,7H2,1-2H3,(H,8,9);3-4H,6H2,1-2H3,(H,7,8). The van der Waals surface area contributed by atoms with E-state index in [2.05, 4.69) is 10.3 Å². The van der Waals surface area contributed by atoms with Crippen LogP contribution < -0.4 is 45.5 Å². The Hall–Kier alpha value is -4.86. The van der Waals surface area contributed by atoms with Gasteiger partial charge in [0.2, 0.25) is 0 Å². The second-order valence-corrected chi connectivity index (χ2v) is 12.8. The summed E-state index contributed by atoms with van der Waals surface area (Å²) in [5.41, 5.74) is 38.4. The average Bonchev–Trinajstić information content (AvgIpc) is 3.49. The predicted octanol–water partition coefficient (Wildman–Crippen LogP) is -0.190. The third-order valence-electron chi connectivity index (χ3n) is 7.09. The molecule has 54 heavy (non-hydrogen) atoms. The fourth-order valence-corrected chi connectivity index (χ4v) is 3.82. The second-order valence-electron chi connectivity index (χ2n) is 12.8. The molecule has 5 atom stereocenters. The van der Waals surface area contributed by atoms with Crippen molar-refractivity contribution in [3.05, 3.63) is 36.0 Å². The maximum absolute atomic E-state index is 10.6. The lowest BCUT2D eigenvalue weighted by Crippen LogP contribution is -2.34. The largest absolute Gasteiger partial charge is 0.480 e. The van der Waals surface area contributed by atoms with Crippen molar-refractivity contribution in [2.75, 3.05) is 13.1 Å². The van der Waals surface area contributed by atoms with E-state index in [0.717, 1.165) is 29.3 Å². The number of carbonyl (C=O) groups is 5. The number of aromatic nitrogens is 1. The van der Waals surface area contributed by atoms with E-state index in [1.807, 2.05) is 44.3 Å². The van der Waals surface area contributed by atoms with Crippen molar-refractivity contribution in [2.24, 2.45) is 52.0 Å². The lowest BCUT2D eigenvalue weighted by molar-refractivity contribution is -0.140. The fourth-order valence-electron chi connectivity index (χ4n) is 3.82. The highest BCUT2D eigenvalue weighted by Crippen LogP contribution is 2.18. The maximum atomic E-state index is 10.6. The molecule has 310 valence electrons. The van der Waals surface area contributed by atoms with Crippen LogP contribution in [-0.2, 0) is 30.4 Å². The molecule has 2 rings (SSSR count). The van der Waals surface area contributed by atoms with Gasteiger partial charge in [-0.2, -0.15) is 0 Å². The second kappa shape index (κ2) is 30.6. The van der Waals surface area contributed by atoms with Crippen molar-refractivity contribution in [1.29, 1.82) is 5.41 Å². The van der Waals surface area contributed by atoms with Gasteiger partial charge in [0, 0.05) is 30.1 Å². The molecule has 0 bridgehead atoms. The normalized spacial score (nSPS) is 13.0. The minimum atomic E-state index is -1.00. The van der Waals surface area contributed by atoms with Crippen molar-refractivity contribution >= 4 is 46.7 Å². The molecule has 1 aromatic heterocycles. The first-order valence-electron chi connectivity index (χ1n) is 17.2. The van der Waals surface area contributed by atoms with Crippen LogP contribution in [0.25, 0.3) is 10.9 Å². The number of H-pyrrole nitrogens is 1. The number of unbranched alkanes of at least 4 members (excludes halogenated alkanes) is 1. The van der Waals surface area contributed by atoms with E-state index in [9.17, 15) is 24.0 Å². The number of rotatable bonds is 18. The molecule has 22 N–H and O–H groups in total. The van der Waals surface area contributed by atoms with E-state index in [1.54, 1.807) is 13.8 Å². The Bertz CT molecular complexity index is 1390. The molecule has 5 unspecified atom stereocenters. The number of benzene rings is 1. The van der Waals surface area contributed by atoms with Crippen molar-refractivity contribution < 1.29 is 49.5 Å². The quantitative estimate of drug-likeness (QED) is 0.0530. The van der Waals surface area contributed by atoms with Crippen molar-refractivity contribution in [1.82, 2.24) is 10.3 Å². The topological polar surface area (TPSA) is 420 Å². The zero-order valence-corrected chi connectivity index (χ0v) is 31.6. The van der Waals surface area contributed by atoms with E-state index in [1.165, 1.54) is 0 Å². The highest BCUT2D eigenvalue weighted by molar-refractivity contribution is 5.84. The summed E-state index contributed by atoms with van der Waals surface area (Å²) in [5, 5.41) is 52.3. The number of hydrogen-bond donors (Lipinski definition) is 15. The van der Waals surface area contributed by atoms with Gasteiger partial charge >= 0.3 is 29.8 Å². The maximum Gasteiger partial charge on any atom is 0.320 e. The number of nitrogens with two attached hydrogens (primary N) is 7. The Morgan fingerprint density at radius 2 is 1.20 bits per heavy atom. The summed E-state index contributed by atoms with van der Waals surface area (Å²) in [6.45, 7) is 8.53. The molecule has 0 aliphatic heterocycles. The van der Waals surface area contributed by atoms with Crippen LogP contribution in [-0.4, -0.2) is 110 Å². The van der Waals surface area contributed by atoms with E-state index >= 15 is 0 Å². The third-order valence-corrected chi connectivity index (χ3v) is 7.09. The molecule has 0 fully saturated rings. The van der Waals surface area contributed by atoms with Crippen LogP contribution in [0.2, 0.25) is 0 Å². The minimum Gasteiger partial charge on any atom is -0.480 e. The van der Waals surface area contributed by atoms with Crippen LogP contribution in [0, 0.1) is 17.2 Å². The van der Waals surface area contributed by atoms with Crippen LogP contribution in [0.15, 0.2) is 30.5 Å². The first-order valence-corrected chi connectivity index (χ1v) is 17.2. The van der Waals surface area contributed by atoms with Gasteiger partial charge in [-0.3, -0.25) is 29.4 Å². The number of aliphatic carboxylic acids is 5. The van der Waals surface area contributed by atoms with E-state index in [4.69, 9.17) is 71.1 Å². The number of para-hydroxylation sites is 1.